The van der Waals surface area contributed by atoms with Crippen LogP contribution < -0.4 is 11.1 Å². The number of hydrogen-bond acceptors (Lipinski definition) is 3. The predicted molar refractivity (Wildman–Crippen MR) is 66.0 cm³/mol. The van der Waals surface area contributed by atoms with E-state index in [1.807, 2.05) is 0 Å². The first-order chi connectivity index (χ1) is 8.06. The van der Waals surface area contributed by atoms with Crippen LogP contribution in [0.2, 0.25) is 0 Å². The van der Waals surface area contributed by atoms with Crippen molar-refractivity contribution in [3.8, 4) is 0 Å². The molecule has 1 aromatic heterocycles. The van der Waals surface area contributed by atoms with Crippen LogP contribution in [0.5, 0.6) is 0 Å². The van der Waals surface area contributed by atoms with E-state index in [0.29, 0.717) is 21.7 Å². The first-order valence-corrected chi connectivity index (χ1v) is 5.48. The van der Waals surface area contributed by atoms with E-state index in [1.165, 1.54) is 12.3 Å². The Hall–Kier alpha value is -1.69. The summed E-state index contributed by atoms with van der Waals surface area (Å²) in [4.78, 5) is 4.03. The fourth-order valence-electron chi connectivity index (χ4n) is 1.26. The van der Waals surface area contributed by atoms with Crippen molar-refractivity contribution in [3.05, 3.63) is 46.6 Å². The lowest BCUT2D eigenvalue weighted by atomic mass is 10.3. The van der Waals surface area contributed by atoms with Crippen molar-refractivity contribution in [1.29, 1.82) is 0 Å². The van der Waals surface area contributed by atoms with Gasteiger partial charge in [0, 0.05) is 11.8 Å². The fourth-order valence-corrected chi connectivity index (χ4v) is 1.72. The molecule has 88 valence electrons. The summed E-state index contributed by atoms with van der Waals surface area (Å²) in [6.07, 6.45) is 1.47. The number of hydrogen-bond donors (Lipinski definition) is 2. The molecule has 17 heavy (non-hydrogen) atoms. The third-order valence-corrected chi connectivity index (χ3v) is 2.65. The molecule has 2 aromatic rings. The number of aromatic nitrogens is 1. The molecule has 1 aromatic carbocycles. The number of pyridine rings is 1. The van der Waals surface area contributed by atoms with Crippen LogP contribution >= 0.6 is 15.9 Å². The second-order valence-electron chi connectivity index (χ2n) is 3.35. The zero-order valence-corrected chi connectivity index (χ0v) is 10.1. The zero-order chi connectivity index (χ0) is 12.4. The highest BCUT2D eigenvalue weighted by molar-refractivity contribution is 9.10. The van der Waals surface area contributed by atoms with Gasteiger partial charge in [-0.05, 0) is 34.1 Å². The Balaban J connectivity index is 2.28. The maximum absolute atomic E-state index is 13.0. The van der Waals surface area contributed by atoms with Crippen LogP contribution in [-0.4, -0.2) is 4.98 Å². The van der Waals surface area contributed by atoms with Gasteiger partial charge < -0.3 is 11.1 Å². The molecule has 3 nitrogen and oxygen atoms in total. The lowest BCUT2D eigenvalue weighted by molar-refractivity contribution is 0.509. The van der Waals surface area contributed by atoms with Crippen LogP contribution in [0.4, 0.5) is 26.0 Å². The van der Waals surface area contributed by atoms with Crippen LogP contribution in [-0.2, 0) is 0 Å². The van der Waals surface area contributed by atoms with Crippen LogP contribution in [0.15, 0.2) is 34.9 Å². The molecule has 0 saturated carbocycles. The fraction of sp³-hybridized carbons (Fsp3) is 0. The second-order valence-corrected chi connectivity index (χ2v) is 4.21. The Morgan fingerprint density at radius 1 is 1.18 bits per heavy atom. The van der Waals surface area contributed by atoms with Gasteiger partial charge in [0.2, 0.25) is 0 Å². The van der Waals surface area contributed by atoms with E-state index in [1.54, 1.807) is 6.07 Å². The largest absolute Gasteiger partial charge is 0.397 e. The van der Waals surface area contributed by atoms with Crippen LogP contribution in [0.1, 0.15) is 0 Å². The quantitative estimate of drug-likeness (QED) is 0.893. The van der Waals surface area contributed by atoms with Gasteiger partial charge in [-0.25, -0.2) is 13.8 Å². The van der Waals surface area contributed by atoms with Gasteiger partial charge in [-0.15, -0.1) is 0 Å². The minimum Gasteiger partial charge on any atom is -0.397 e. The van der Waals surface area contributed by atoms with Crippen molar-refractivity contribution < 1.29 is 8.78 Å². The average molecular weight is 300 g/mol. The van der Waals surface area contributed by atoms with Crippen LogP contribution in [0, 0.1) is 11.6 Å². The SMILES string of the molecule is Nc1cnc(Nc2ccc(F)c(F)c2)c(Br)c1. The molecule has 0 aliphatic heterocycles. The summed E-state index contributed by atoms with van der Waals surface area (Å²) in [6.45, 7) is 0. The van der Waals surface area contributed by atoms with Gasteiger partial charge in [0.25, 0.3) is 0 Å². The Kier molecular flexibility index (Phi) is 3.23. The third-order valence-electron chi connectivity index (χ3n) is 2.04. The molecule has 0 bridgehead atoms. The van der Waals surface area contributed by atoms with Gasteiger partial charge in [0.1, 0.15) is 5.82 Å². The first kappa shape index (κ1) is 11.8. The molecule has 0 atom stereocenters. The molecule has 0 amide bonds. The number of nitrogens with one attached hydrogen (secondary N) is 1. The summed E-state index contributed by atoms with van der Waals surface area (Å²) in [5, 5.41) is 2.85. The molecular weight excluding hydrogens is 292 g/mol. The summed E-state index contributed by atoms with van der Waals surface area (Å²) >= 11 is 3.26. The van der Waals surface area contributed by atoms with Crippen molar-refractivity contribution in [2.45, 2.75) is 0 Å². The highest BCUT2D eigenvalue weighted by Gasteiger charge is 2.05. The number of anilines is 3. The molecule has 0 radical (unpaired) electrons. The Labute approximate surface area is 105 Å². The van der Waals surface area contributed by atoms with E-state index in [2.05, 4.69) is 26.2 Å². The molecule has 0 saturated heterocycles. The summed E-state index contributed by atoms with van der Waals surface area (Å²) in [7, 11) is 0. The average Bonchev–Trinajstić information content (AvgIpc) is 2.27. The molecule has 3 N–H and O–H groups in total. The normalized spacial score (nSPS) is 10.3. The van der Waals surface area contributed by atoms with Gasteiger partial charge >= 0.3 is 0 Å². The molecule has 1 heterocycles. The standard InChI is InChI=1S/C11H8BrF2N3/c12-8-3-6(15)5-16-11(8)17-7-1-2-9(13)10(14)4-7/h1-5H,15H2,(H,16,17). The molecule has 0 unspecified atom stereocenters. The number of halogens is 3. The van der Waals surface area contributed by atoms with Crippen molar-refractivity contribution in [2.75, 3.05) is 11.1 Å². The molecular formula is C11H8BrF2N3. The van der Waals surface area contributed by atoms with Crippen LogP contribution in [0.3, 0.4) is 0 Å². The molecule has 0 spiro atoms. The summed E-state index contributed by atoms with van der Waals surface area (Å²) in [5.74, 6) is -1.33. The summed E-state index contributed by atoms with van der Waals surface area (Å²) < 4.78 is 26.3. The Morgan fingerprint density at radius 3 is 2.59 bits per heavy atom. The van der Waals surface area contributed by atoms with Gasteiger partial charge in [-0.2, -0.15) is 0 Å². The van der Waals surface area contributed by atoms with E-state index >= 15 is 0 Å². The molecule has 0 aliphatic rings. The molecule has 6 heteroatoms. The van der Waals surface area contributed by atoms with E-state index < -0.39 is 11.6 Å². The minimum atomic E-state index is -0.915. The van der Waals surface area contributed by atoms with Crippen LogP contribution in [0.25, 0.3) is 0 Å². The van der Waals surface area contributed by atoms with Crippen molar-refractivity contribution in [2.24, 2.45) is 0 Å². The third kappa shape index (κ3) is 2.71. The summed E-state index contributed by atoms with van der Waals surface area (Å²) in [5.41, 5.74) is 6.45. The lowest BCUT2D eigenvalue weighted by Crippen LogP contribution is -1.97. The number of nitrogens with zero attached hydrogens (tertiary/aromatic N) is 1. The summed E-state index contributed by atoms with van der Waals surface area (Å²) in [6, 6.07) is 5.18. The van der Waals surface area contributed by atoms with E-state index in [9.17, 15) is 8.78 Å². The number of nitrogens with two attached hydrogens (primary N) is 1. The van der Waals surface area contributed by atoms with Gasteiger partial charge in [0.15, 0.2) is 11.6 Å². The highest BCUT2D eigenvalue weighted by Crippen LogP contribution is 2.25. The van der Waals surface area contributed by atoms with Gasteiger partial charge in [-0.3, -0.25) is 0 Å². The monoisotopic (exact) mass is 299 g/mol. The Bertz CT molecular complexity index is 560. The Morgan fingerprint density at radius 2 is 1.94 bits per heavy atom. The van der Waals surface area contributed by atoms with E-state index in [4.69, 9.17) is 5.73 Å². The molecule has 0 fully saturated rings. The molecule has 2 rings (SSSR count). The number of benzene rings is 1. The van der Waals surface area contributed by atoms with Gasteiger partial charge in [-0.1, -0.05) is 0 Å². The highest BCUT2D eigenvalue weighted by atomic mass is 79.9. The number of nitrogen functional groups attached to an aromatic ring is 1. The maximum Gasteiger partial charge on any atom is 0.160 e. The van der Waals surface area contributed by atoms with Crippen molar-refractivity contribution in [3.63, 3.8) is 0 Å². The molecule has 0 aliphatic carbocycles. The predicted octanol–water partition coefficient (Wildman–Crippen LogP) is 3.45. The van der Waals surface area contributed by atoms with Crippen molar-refractivity contribution in [1.82, 2.24) is 4.98 Å². The maximum atomic E-state index is 13.0. The topological polar surface area (TPSA) is 50.9 Å². The first-order valence-electron chi connectivity index (χ1n) is 4.69. The van der Waals surface area contributed by atoms with Gasteiger partial charge in [0.05, 0.1) is 16.4 Å². The zero-order valence-electron chi connectivity index (χ0n) is 8.55. The smallest absolute Gasteiger partial charge is 0.160 e. The minimum absolute atomic E-state index is 0.405. The van der Waals surface area contributed by atoms with Crippen molar-refractivity contribution >= 4 is 33.1 Å². The second kappa shape index (κ2) is 4.67. The number of rotatable bonds is 2. The lowest BCUT2D eigenvalue weighted by Gasteiger charge is -2.08. The van der Waals surface area contributed by atoms with E-state index in [-0.39, 0.29) is 0 Å². The van der Waals surface area contributed by atoms with E-state index in [0.717, 1.165) is 12.1 Å².